The van der Waals surface area contributed by atoms with Crippen molar-refractivity contribution >= 4 is 76.6 Å². The molecule has 4 aliphatic rings. The van der Waals surface area contributed by atoms with E-state index in [1.165, 1.54) is 72.9 Å². The fourth-order valence-corrected chi connectivity index (χ4v) is 16.7. The maximum atomic E-state index is 17.4. The van der Waals surface area contributed by atoms with Crippen LogP contribution in [-0.2, 0) is 57.8 Å². The molecule has 0 spiro atoms. The zero-order chi connectivity index (χ0) is 58.1. The molecule has 24 heteroatoms. The van der Waals surface area contributed by atoms with Crippen LogP contribution in [0.1, 0.15) is 126 Å². The summed E-state index contributed by atoms with van der Waals surface area (Å²) >= 11 is 1.55. The largest absolute Gasteiger partial charge is 0.494 e. The normalized spacial score (nSPS) is 25.6. The highest BCUT2D eigenvalue weighted by Gasteiger charge is 2.54. The number of amides is 1. The third-order valence-corrected chi connectivity index (χ3v) is 22.0. The number of anilines is 1. The smallest absolute Gasteiger partial charge is 0.390 e. The van der Waals surface area contributed by atoms with E-state index in [9.17, 15) is 19.2 Å². The maximum Gasteiger partial charge on any atom is 0.390 e. The predicted molar refractivity (Wildman–Crippen MR) is 312 cm³/mol. The topological polar surface area (TPSA) is 240 Å². The number of ketones is 3. The Morgan fingerprint density at radius 3 is 1.89 bits per heavy atom. The van der Waals surface area contributed by atoms with Gasteiger partial charge in [-0.15, -0.1) is 0 Å². The van der Waals surface area contributed by atoms with Crippen LogP contribution in [0.4, 0.5) is 10.2 Å². The van der Waals surface area contributed by atoms with Gasteiger partial charge in [0.1, 0.15) is 48.2 Å². The minimum atomic E-state index is -4.55. The van der Waals surface area contributed by atoms with Crippen molar-refractivity contribution < 1.29 is 65.0 Å². The molecule has 2 N–H and O–H groups in total. The second-order valence-electron chi connectivity index (χ2n) is 20.7. The fourth-order valence-electron chi connectivity index (χ4n) is 9.98. The molecular weight excluding hydrogens is 1150 g/mol. The van der Waals surface area contributed by atoms with Gasteiger partial charge in [0.25, 0.3) is 0 Å². The Bertz CT molecular complexity index is 3400. The number of aryl methyl sites for hydroxylation is 1. The van der Waals surface area contributed by atoms with Gasteiger partial charge >= 0.3 is 13.6 Å². The van der Waals surface area contributed by atoms with Crippen LogP contribution in [0.25, 0.3) is 11.2 Å². The number of halogens is 1. The summed E-state index contributed by atoms with van der Waals surface area (Å²) in [7, 11) is 0. The second kappa shape index (κ2) is 27.4. The van der Waals surface area contributed by atoms with Gasteiger partial charge in [-0.2, -0.15) is 0 Å². The lowest BCUT2D eigenvalue weighted by atomic mass is 10.0. The molecule has 4 aliphatic heterocycles. The van der Waals surface area contributed by atoms with Crippen molar-refractivity contribution in [1.29, 1.82) is 0 Å². The van der Waals surface area contributed by atoms with Crippen LogP contribution in [0.2, 0.25) is 0 Å². The molecule has 6 aromatic rings. The van der Waals surface area contributed by atoms with Crippen LogP contribution in [0.15, 0.2) is 122 Å². The van der Waals surface area contributed by atoms with E-state index in [1.54, 1.807) is 84.9 Å². The summed E-state index contributed by atoms with van der Waals surface area (Å²) in [5.41, 5.74) is 10.6. The molecule has 83 heavy (non-hydrogen) atoms. The summed E-state index contributed by atoms with van der Waals surface area (Å²) < 4.78 is 93.4. The van der Waals surface area contributed by atoms with Crippen molar-refractivity contribution in [3.63, 3.8) is 0 Å². The number of nitrogen functional groups attached to an aromatic ring is 1. The number of carbonyl (C=O) groups excluding carboxylic acids is 4. The first-order chi connectivity index (χ1) is 40.1. The van der Waals surface area contributed by atoms with E-state index in [2.05, 4.69) is 21.9 Å². The number of allylic oxidation sites excluding steroid dienone is 1. The molecule has 1 amide bonds. The van der Waals surface area contributed by atoms with Gasteiger partial charge in [-0.3, -0.25) is 46.7 Å². The Hall–Kier alpha value is -5.90. The molecule has 2 aromatic heterocycles. The fraction of sp³-hybridized carbons (Fsp3) is 0.407. The number of nitrogens with two attached hydrogens (primary N) is 1. The quantitative estimate of drug-likeness (QED) is 0.0287. The molecule has 2 bridgehead atoms. The van der Waals surface area contributed by atoms with Crippen molar-refractivity contribution in [3.05, 3.63) is 161 Å². The van der Waals surface area contributed by atoms with Gasteiger partial charge < -0.3 is 19.9 Å². The van der Waals surface area contributed by atoms with Crippen LogP contribution in [0.5, 0.6) is 5.75 Å². The van der Waals surface area contributed by atoms with Crippen molar-refractivity contribution in [2.24, 2.45) is 0 Å². The van der Waals surface area contributed by atoms with E-state index in [1.807, 2.05) is 19.1 Å². The number of rotatable bonds is 22. The molecule has 4 aromatic carbocycles. The summed E-state index contributed by atoms with van der Waals surface area (Å²) in [5, 5.41) is 0. The summed E-state index contributed by atoms with van der Waals surface area (Å²) in [6.07, 6.45) is 4.00. The molecule has 10 rings (SSSR count). The SMILES string of the molecule is CCCCCCCCCCOc1ccc(C(=O)c2ccc(CSP3(=O)OC[C@H]4O[C@@H](n5cnc6c(N)ncnc65)[C@H](OP(=O)(SCc5ccc(C(=O)c6ccc(C)cc6)cc5)OC[C@H]5O[C@@H](N6C=CC(=O)CC6=O)C[C@@H]5O3)[C@@H]4F)cc2)cc1. The molecule has 0 saturated carbocycles. The van der Waals surface area contributed by atoms with E-state index >= 15 is 13.5 Å². The summed E-state index contributed by atoms with van der Waals surface area (Å²) in [5.74, 6) is -0.590. The lowest BCUT2D eigenvalue weighted by Gasteiger charge is -2.28. The van der Waals surface area contributed by atoms with Gasteiger partial charge in [0.05, 0.1) is 32.6 Å². The number of imidazole rings is 1. The van der Waals surface area contributed by atoms with Gasteiger partial charge in [-0.25, -0.2) is 28.5 Å². The first kappa shape index (κ1) is 60.2. The van der Waals surface area contributed by atoms with Crippen LogP contribution in [0, 0.1) is 6.92 Å². The minimum Gasteiger partial charge on any atom is -0.494 e. The molecule has 0 aliphatic carbocycles. The highest BCUT2D eigenvalue weighted by molar-refractivity contribution is 8.55. The Morgan fingerprint density at radius 2 is 1.28 bits per heavy atom. The van der Waals surface area contributed by atoms with Crippen LogP contribution in [-0.4, -0.2) is 104 Å². The van der Waals surface area contributed by atoms with Gasteiger partial charge in [0, 0.05) is 46.4 Å². The number of ether oxygens (including phenoxy) is 3. The first-order valence-electron chi connectivity index (χ1n) is 27.8. The number of hydrogen-bond donors (Lipinski definition) is 1. The lowest BCUT2D eigenvalue weighted by Crippen LogP contribution is -2.39. The third kappa shape index (κ3) is 15.0. The number of unbranched alkanes of at least 4 members (excludes halogenated alkanes) is 7. The lowest BCUT2D eigenvalue weighted by molar-refractivity contribution is -0.144. The van der Waals surface area contributed by atoms with Gasteiger partial charge in [0.15, 0.2) is 41.2 Å². The van der Waals surface area contributed by atoms with Crippen LogP contribution >= 0.6 is 36.4 Å². The molecule has 438 valence electrons. The highest BCUT2D eigenvalue weighted by Crippen LogP contribution is 2.67. The predicted octanol–water partition coefficient (Wildman–Crippen LogP) is 12.3. The summed E-state index contributed by atoms with van der Waals surface area (Å²) in [6, 6.07) is 27.8. The summed E-state index contributed by atoms with van der Waals surface area (Å²) in [6.45, 7) is -5.44. The van der Waals surface area contributed by atoms with Crippen molar-refractivity contribution in [1.82, 2.24) is 24.4 Å². The zero-order valence-corrected chi connectivity index (χ0v) is 49.3. The number of hydrogen-bond acceptors (Lipinski definition) is 19. The van der Waals surface area contributed by atoms with Crippen LogP contribution < -0.4 is 10.5 Å². The Balaban J connectivity index is 0.877. The van der Waals surface area contributed by atoms with E-state index in [0.29, 0.717) is 45.7 Å². The molecule has 9 atom stereocenters. The highest BCUT2D eigenvalue weighted by atomic mass is 32.7. The Labute approximate surface area is 488 Å². The molecular formula is C59H65FN6O13P2S2. The number of benzene rings is 4. The van der Waals surface area contributed by atoms with Crippen molar-refractivity contribution in [3.8, 4) is 5.75 Å². The monoisotopic (exact) mass is 1210 g/mol. The molecule has 3 fully saturated rings. The van der Waals surface area contributed by atoms with Gasteiger partial charge in [-0.1, -0.05) is 130 Å². The van der Waals surface area contributed by atoms with Gasteiger partial charge in [0.2, 0.25) is 5.91 Å². The summed E-state index contributed by atoms with van der Waals surface area (Å²) in [4.78, 5) is 66.3. The number of aromatic nitrogens is 4. The molecule has 2 unspecified atom stereocenters. The number of alkyl halides is 1. The van der Waals surface area contributed by atoms with Crippen molar-refractivity contribution in [2.45, 2.75) is 133 Å². The van der Waals surface area contributed by atoms with Crippen LogP contribution in [0.3, 0.4) is 0 Å². The van der Waals surface area contributed by atoms with Gasteiger partial charge in [-0.05, 0) is 77.6 Å². The third-order valence-electron chi connectivity index (χ3n) is 14.7. The first-order valence-corrected chi connectivity index (χ1v) is 34.0. The Kier molecular flexibility index (Phi) is 19.9. The molecule has 6 heterocycles. The molecule has 19 nitrogen and oxygen atoms in total. The van der Waals surface area contributed by atoms with E-state index in [4.69, 9.17) is 38.0 Å². The number of carbonyl (C=O) groups is 4. The number of nitrogens with zero attached hydrogens (tertiary/aromatic N) is 5. The zero-order valence-electron chi connectivity index (χ0n) is 45.9. The Morgan fingerprint density at radius 1 is 0.711 bits per heavy atom. The maximum absolute atomic E-state index is 17.4. The molecule has 3 saturated heterocycles. The van der Waals surface area contributed by atoms with Crippen molar-refractivity contribution in [2.75, 3.05) is 25.6 Å². The molecule has 0 radical (unpaired) electrons. The average molecular weight is 1210 g/mol. The van der Waals surface area contributed by atoms with E-state index < -0.39 is 88.0 Å². The average Bonchev–Trinajstić information content (AvgIpc) is 3.49. The van der Waals surface area contributed by atoms with E-state index in [0.717, 1.165) is 41.2 Å². The second-order valence-corrected chi connectivity index (χ2v) is 28.8. The number of fused-ring (bicyclic) bond motifs is 4. The standard InChI is InChI=1S/C59H65FN6O13P2S2/c1-3-4-5-6-7-8-9-10-29-73-46-25-23-44(24-26-46)55(70)43-21-13-39(14-22-43)34-82-80(71)75-33-49-52(60)56(59(77-49)66-37-64-53-57(61)62-36-63-58(53)66)79-81(72,74-32-48-47(78-80)31-51(76-48)65-28-27-45(67)30-50(65)68)83-35-40-15-19-42(20-16-40)54(69)41-17-11-38(2)12-18-41/h11-28,36-37,47-49,51-52,56,59H,3-10,29-35H2,1-2H3,(H2,61,62,63)/t47-,48+,49+,51+,52+,56+,59+,80?,81?/m0/s1. The van der Waals surface area contributed by atoms with E-state index in [-0.39, 0.29) is 46.5 Å². The minimum absolute atomic E-state index is 0.00601.